The van der Waals surface area contributed by atoms with Gasteiger partial charge in [-0.2, -0.15) is 0 Å². The molecular weight excluding hydrogens is 367 g/mol. The van der Waals surface area contributed by atoms with Gasteiger partial charge < -0.3 is 9.38 Å². The van der Waals surface area contributed by atoms with Crippen molar-refractivity contribution in [1.82, 2.24) is 29.3 Å². The first-order chi connectivity index (χ1) is 14.3. The number of pyridine rings is 2. The van der Waals surface area contributed by atoms with Gasteiger partial charge in [0.25, 0.3) is 0 Å². The van der Waals surface area contributed by atoms with E-state index in [0.717, 1.165) is 33.0 Å². The van der Waals surface area contributed by atoms with Gasteiger partial charge in [0.15, 0.2) is 17.3 Å². The molecule has 0 saturated carbocycles. The minimum Gasteiger partial charge on any atom is -0.345 e. The zero-order valence-corrected chi connectivity index (χ0v) is 15.0. The lowest BCUT2D eigenvalue weighted by atomic mass is 10.1. The van der Waals surface area contributed by atoms with Crippen LogP contribution in [-0.2, 0) is 0 Å². The van der Waals surface area contributed by atoms with E-state index in [1.54, 1.807) is 29.2 Å². The molecule has 5 aromatic heterocycles. The van der Waals surface area contributed by atoms with Crippen LogP contribution in [0.25, 0.3) is 50.1 Å². The number of hydrogen-bond acceptors (Lipinski definition) is 4. The van der Waals surface area contributed by atoms with Crippen molar-refractivity contribution in [2.75, 3.05) is 0 Å². The van der Waals surface area contributed by atoms with Crippen LogP contribution in [0.15, 0.2) is 73.6 Å². The molecule has 29 heavy (non-hydrogen) atoms. The maximum atomic E-state index is 14.4. The zero-order valence-electron chi connectivity index (χ0n) is 15.0. The molecule has 0 bridgehead atoms. The predicted octanol–water partition coefficient (Wildman–Crippen LogP) is 4.63. The van der Waals surface area contributed by atoms with E-state index in [1.807, 2.05) is 42.7 Å². The van der Waals surface area contributed by atoms with Crippen molar-refractivity contribution < 1.29 is 4.39 Å². The first-order valence-corrected chi connectivity index (χ1v) is 9.08. The second-order valence-corrected chi connectivity index (χ2v) is 6.80. The van der Waals surface area contributed by atoms with Crippen molar-refractivity contribution in [1.29, 1.82) is 0 Å². The molecule has 7 heteroatoms. The number of rotatable bonds is 2. The SMILES string of the molecule is Fc1cc(-c2c[nH]c3nc(-c4ccc5ncccc5c4)ncc23)cn2ccnc12. The average Bonchev–Trinajstić information content (AvgIpc) is 3.40. The Labute approximate surface area is 163 Å². The quantitative estimate of drug-likeness (QED) is 0.476. The number of nitrogens with zero attached hydrogens (tertiary/aromatic N) is 5. The topological polar surface area (TPSA) is 71.8 Å². The smallest absolute Gasteiger partial charge is 0.173 e. The molecule has 138 valence electrons. The van der Waals surface area contributed by atoms with Gasteiger partial charge >= 0.3 is 0 Å². The molecule has 0 aliphatic carbocycles. The van der Waals surface area contributed by atoms with Gasteiger partial charge in [-0.15, -0.1) is 0 Å². The van der Waals surface area contributed by atoms with Crippen molar-refractivity contribution in [3.8, 4) is 22.5 Å². The third kappa shape index (κ3) is 2.48. The Kier molecular flexibility index (Phi) is 3.25. The van der Waals surface area contributed by atoms with Gasteiger partial charge in [-0.05, 0) is 30.3 Å². The molecule has 6 nitrogen and oxygen atoms in total. The molecule has 0 aliphatic heterocycles. The lowest BCUT2D eigenvalue weighted by molar-refractivity contribution is 0.630. The van der Waals surface area contributed by atoms with Crippen molar-refractivity contribution >= 4 is 27.6 Å². The number of fused-ring (bicyclic) bond motifs is 3. The normalized spacial score (nSPS) is 11.6. The van der Waals surface area contributed by atoms with Crippen molar-refractivity contribution in [3.05, 3.63) is 79.4 Å². The minimum absolute atomic E-state index is 0.304. The van der Waals surface area contributed by atoms with Crippen LogP contribution in [-0.4, -0.2) is 29.3 Å². The largest absolute Gasteiger partial charge is 0.345 e. The van der Waals surface area contributed by atoms with Gasteiger partial charge in [-0.3, -0.25) is 4.98 Å². The molecule has 0 amide bonds. The number of nitrogens with one attached hydrogen (secondary N) is 1. The molecular formula is C22H13FN6. The highest BCUT2D eigenvalue weighted by atomic mass is 19.1. The summed E-state index contributed by atoms with van der Waals surface area (Å²) in [6.45, 7) is 0. The van der Waals surface area contributed by atoms with E-state index in [1.165, 1.54) is 6.07 Å². The Bertz CT molecular complexity index is 1530. The number of aromatic nitrogens is 6. The van der Waals surface area contributed by atoms with E-state index in [4.69, 9.17) is 0 Å². The first kappa shape index (κ1) is 15.9. The lowest BCUT2D eigenvalue weighted by Crippen LogP contribution is -1.92. The fraction of sp³-hybridized carbons (Fsp3) is 0. The Hall–Kier alpha value is -4.13. The van der Waals surface area contributed by atoms with Crippen molar-refractivity contribution in [3.63, 3.8) is 0 Å². The standard InChI is InChI=1S/C22H13FN6/c23-18-9-15(12-29-7-6-25-22(18)29)16-10-27-21-17(16)11-26-20(28-21)14-3-4-19-13(8-14)2-1-5-24-19/h1-12H,(H,26,27,28). The maximum Gasteiger partial charge on any atom is 0.173 e. The molecule has 0 atom stereocenters. The highest BCUT2D eigenvalue weighted by molar-refractivity contribution is 5.94. The zero-order chi connectivity index (χ0) is 19.4. The number of aromatic amines is 1. The summed E-state index contributed by atoms with van der Waals surface area (Å²) in [6, 6.07) is 11.3. The van der Waals surface area contributed by atoms with E-state index in [-0.39, 0.29) is 5.82 Å². The first-order valence-electron chi connectivity index (χ1n) is 9.08. The van der Waals surface area contributed by atoms with E-state index in [9.17, 15) is 4.39 Å². The van der Waals surface area contributed by atoms with Gasteiger partial charge in [-0.25, -0.2) is 19.3 Å². The Morgan fingerprint density at radius 2 is 1.93 bits per heavy atom. The Morgan fingerprint density at radius 1 is 0.966 bits per heavy atom. The van der Waals surface area contributed by atoms with Crippen molar-refractivity contribution in [2.24, 2.45) is 0 Å². The summed E-state index contributed by atoms with van der Waals surface area (Å²) >= 11 is 0. The van der Waals surface area contributed by atoms with Crippen LogP contribution in [0.4, 0.5) is 4.39 Å². The Morgan fingerprint density at radius 3 is 2.90 bits per heavy atom. The number of hydrogen-bond donors (Lipinski definition) is 1. The molecule has 6 aromatic rings. The van der Waals surface area contributed by atoms with E-state index < -0.39 is 0 Å². The molecule has 5 heterocycles. The second kappa shape index (κ2) is 5.93. The van der Waals surface area contributed by atoms with Crippen molar-refractivity contribution in [2.45, 2.75) is 0 Å². The maximum absolute atomic E-state index is 14.4. The van der Waals surface area contributed by atoms with Crippen LogP contribution in [0.1, 0.15) is 0 Å². The molecule has 6 rings (SSSR count). The van der Waals surface area contributed by atoms with Gasteiger partial charge in [0.05, 0.1) is 5.52 Å². The third-order valence-corrected chi connectivity index (χ3v) is 5.05. The molecule has 0 saturated heterocycles. The van der Waals surface area contributed by atoms with Crippen LogP contribution >= 0.6 is 0 Å². The minimum atomic E-state index is -0.371. The number of benzene rings is 1. The number of halogens is 1. The summed E-state index contributed by atoms with van der Waals surface area (Å²) in [6.07, 6.45) is 10.5. The molecule has 0 fully saturated rings. The molecule has 0 unspecified atom stereocenters. The number of imidazole rings is 1. The summed E-state index contributed by atoms with van der Waals surface area (Å²) in [4.78, 5) is 20.8. The summed E-state index contributed by atoms with van der Waals surface area (Å²) < 4.78 is 16.0. The molecule has 1 N–H and O–H groups in total. The van der Waals surface area contributed by atoms with E-state index >= 15 is 0 Å². The summed E-state index contributed by atoms with van der Waals surface area (Å²) in [5, 5.41) is 1.86. The van der Waals surface area contributed by atoms with Crippen LogP contribution in [0, 0.1) is 5.82 Å². The van der Waals surface area contributed by atoms with Gasteiger partial charge in [0, 0.05) is 64.6 Å². The van der Waals surface area contributed by atoms with Gasteiger partial charge in [-0.1, -0.05) is 6.07 Å². The van der Waals surface area contributed by atoms with Crippen LogP contribution < -0.4 is 0 Å². The number of H-pyrrole nitrogens is 1. The van der Waals surface area contributed by atoms with Crippen LogP contribution in [0.3, 0.4) is 0 Å². The van der Waals surface area contributed by atoms with E-state index in [0.29, 0.717) is 17.1 Å². The van der Waals surface area contributed by atoms with Gasteiger partial charge in [0.1, 0.15) is 5.65 Å². The fourth-order valence-corrected chi connectivity index (χ4v) is 3.64. The molecule has 0 spiro atoms. The predicted molar refractivity (Wildman–Crippen MR) is 109 cm³/mol. The average molecular weight is 380 g/mol. The fourth-order valence-electron chi connectivity index (χ4n) is 3.64. The summed E-state index contributed by atoms with van der Waals surface area (Å²) in [5.41, 5.74) is 4.40. The lowest BCUT2D eigenvalue weighted by Gasteiger charge is -2.04. The van der Waals surface area contributed by atoms with Crippen LogP contribution in [0.5, 0.6) is 0 Å². The monoisotopic (exact) mass is 380 g/mol. The third-order valence-electron chi connectivity index (χ3n) is 5.05. The summed E-state index contributed by atoms with van der Waals surface area (Å²) in [5.74, 6) is 0.247. The highest BCUT2D eigenvalue weighted by Gasteiger charge is 2.13. The van der Waals surface area contributed by atoms with E-state index in [2.05, 4.69) is 24.9 Å². The summed E-state index contributed by atoms with van der Waals surface area (Å²) in [7, 11) is 0. The highest BCUT2D eigenvalue weighted by Crippen LogP contribution is 2.30. The van der Waals surface area contributed by atoms with Gasteiger partial charge in [0.2, 0.25) is 0 Å². The molecule has 1 aromatic carbocycles. The molecule has 0 aliphatic rings. The second-order valence-electron chi connectivity index (χ2n) is 6.80. The Balaban J connectivity index is 1.47. The van der Waals surface area contributed by atoms with Crippen LogP contribution in [0.2, 0.25) is 0 Å². The molecule has 0 radical (unpaired) electrons.